The Morgan fingerprint density at radius 3 is 2.42 bits per heavy atom. The smallest absolute Gasteiger partial charge is 0.286 e. The molecule has 3 N–H and O–H groups in total. The fraction of sp³-hybridized carbons (Fsp3) is 0.158. The van der Waals surface area contributed by atoms with Crippen LogP contribution in [0.3, 0.4) is 0 Å². The van der Waals surface area contributed by atoms with E-state index in [4.69, 9.17) is 10.2 Å². The number of nitrogens with two attached hydrogens (primary N) is 1. The van der Waals surface area contributed by atoms with Gasteiger partial charge in [0.25, 0.3) is 5.91 Å². The minimum atomic E-state index is -0.714. The molecule has 1 aromatic heterocycles. The zero-order chi connectivity index (χ0) is 17.1. The van der Waals surface area contributed by atoms with Gasteiger partial charge in [0.1, 0.15) is 11.3 Å². The first-order valence-electron chi connectivity index (χ1n) is 7.79. The van der Waals surface area contributed by atoms with Crippen LogP contribution in [0.2, 0.25) is 0 Å². The molecule has 0 saturated heterocycles. The van der Waals surface area contributed by atoms with Crippen LogP contribution in [0.4, 0.5) is 5.69 Å². The third-order valence-corrected chi connectivity index (χ3v) is 3.99. The van der Waals surface area contributed by atoms with Gasteiger partial charge >= 0.3 is 0 Å². The molecular weight excluding hydrogens is 304 g/mol. The molecule has 0 bridgehead atoms. The summed E-state index contributed by atoms with van der Waals surface area (Å²) in [6.45, 7) is 1.94. The predicted octanol–water partition coefficient (Wildman–Crippen LogP) is 3.66. The minimum Gasteiger partial charge on any atom is -0.449 e. The molecule has 3 rings (SSSR count). The number of nitrogens with one attached hydrogen (secondary N) is 1. The van der Waals surface area contributed by atoms with Crippen LogP contribution in [-0.2, 0) is 4.79 Å². The summed E-state index contributed by atoms with van der Waals surface area (Å²) in [7, 11) is 0. The Hall–Kier alpha value is -3.08. The van der Waals surface area contributed by atoms with E-state index in [0.717, 1.165) is 5.56 Å². The van der Waals surface area contributed by atoms with Gasteiger partial charge in [-0.3, -0.25) is 9.59 Å². The number of benzene rings is 2. The van der Waals surface area contributed by atoms with Crippen LogP contribution < -0.4 is 11.1 Å². The zero-order valence-corrected chi connectivity index (χ0v) is 13.3. The first-order chi connectivity index (χ1) is 11.6. The second kappa shape index (κ2) is 6.58. The highest BCUT2D eigenvalue weighted by Crippen LogP contribution is 2.32. The highest BCUT2D eigenvalue weighted by molar-refractivity contribution is 6.11. The fourth-order valence-electron chi connectivity index (χ4n) is 2.81. The summed E-state index contributed by atoms with van der Waals surface area (Å²) in [6.07, 6.45) is 0.636. The molecule has 0 aliphatic heterocycles. The number of fused-ring (bicyclic) bond motifs is 1. The number of hydrogen-bond donors (Lipinski definition) is 2. The van der Waals surface area contributed by atoms with E-state index in [2.05, 4.69) is 5.32 Å². The van der Waals surface area contributed by atoms with Gasteiger partial charge in [0.15, 0.2) is 0 Å². The Bertz CT molecular complexity index is 884. The predicted molar refractivity (Wildman–Crippen MR) is 92.8 cm³/mol. The van der Waals surface area contributed by atoms with E-state index >= 15 is 0 Å². The Morgan fingerprint density at radius 1 is 1.08 bits per heavy atom. The molecule has 24 heavy (non-hydrogen) atoms. The summed E-state index contributed by atoms with van der Waals surface area (Å²) in [5, 5.41) is 3.49. The Balaban J connectivity index is 1.98. The summed E-state index contributed by atoms with van der Waals surface area (Å²) in [6, 6.07) is 16.6. The van der Waals surface area contributed by atoms with Gasteiger partial charge in [-0.25, -0.2) is 0 Å². The molecule has 1 heterocycles. The van der Waals surface area contributed by atoms with Crippen LogP contribution in [0.5, 0.6) is 0 Å². The molecule has 0 saturated carbocycles. The number of amides is 2. The Morgan fingerprint density at radius 2 is 1.75 bits per heavy atom. The lowest BCUT2D eigenvalue weighted by atomic mass is 9.95. The second-order valence-electron chi connectivity index (χ2n) is 5.53. The summed E-state index contributed by atoms with van der Waals surface area (Å²) in [4.78, 5) is 24.4. The zero-order valence-electron chi connectivity index (χ0n) is 13.3. The lowest BCUT2D eigenvalue weighted by molar-refractivity contribution is -0.117. The van der Waals surface area contributed by atoms with Gasteiger partial charge in [-0.2, -0.15) is 0 Å². The van der Waals surface area contributed by atoms with Gasteiger partial charge < -0.3 is 15.5 Å². The van der Waals surface area contributed by atoms with Gasteiger partial charge in [0.05, 0.1) is 5.92 Å². The summed E-state index contributed by atoms with van der Waals surface area (Å²) in [5.74, 6) is -1.26. The topological polar surface area (TPSA) is 85.3 Å². The molecule has 0 unspecified atom stereocenters. The average Bonchev–Trinajstić information content (AvgIpc) is 2.95. The van der Waals surface area contributed by atoms with Gasteiger partial charge in [-0.1, -0.05) is 49.4 Å². The molecule has 122 valence electrons. The third kappa shape index (κ3) is 2.88. The molecule has 1 atom stereocenters. The van der Waals surface area contributed by atoms with E-state index in [1.807, 2.05) is 43.3 Å². The molecule has 2 amide bonds. The molecule has 0 aliphatic carbocycles. The van der Waals surface area contributed by atoms with Crippen molar-refractivity contribution in [2.45, 2.75) is 19.3 Å². The van der Waals surface area contributed by atoms with Crippen molar-refractivity contribution in [3.8, 4) is 0 Å². The SMILES string of the molecule is CC[C@@H](C(=O)Nc1c(C(N)=O)oc2ccccc12)c1ccccc1. The van der Waals surface area contributed by atoms with Crippen LogP contribution in [0.15, 0.2) is 59.0 Å². The number of furan rings is 1. The van der Waals surface area contributed by atoms with Gasteiger partial charge in [-0.05, 0) is 24.1 Å². The van der Waals surface area contributed by atoms with Crippen molar-refractivity contribution in [2.24, 2.45) is 5.73 Å². The van der Waals surface area contributed by atoms with Gasteiger partial charge in [0, 0.05) is 5.39 Å². The molecule has 5 heteroatoms. The number of rotatable bonds is 5. The van der Waals surface area contributed by atoms with Crippen molar-refractivity contribution in [1.29, 1.82) is 0 Å². The quantitative estimate of drug-likeness (QED) is 0.751. The average molecular weight is 322 g/mol. The summed E-state index contributed by atoms with van der Waals surface area (Å²) >= 11 is 0. The standard InChI is InChI=1S/C19H18N2O3/c1-2-13(12-8-4-3-5-9-12)19(23)21-16-14-10-6-7-11-15(14)24-17(16)18(20)22/h3-11,13H,2H2,1H3,(H2,20,22)(H,21,23)/t13-/m1/s1. The maximum atomic E-state index is 12.8. The second-order valence-corrected chi connectivity index (χ2v) is 5.53. The molecule has 0 spiro atoms. The van der Waals surface area contributed by atoms with Crippen molar-refractivity contribution in [2.75, 3.05) is 5.32 Å². The Labute approximate surface area is 139 Å². The van der Waals surface area contributed by atoms with Crippen LogP contribution in [0, 0.1) is 0 Å². The van der Waals surface area contributed by atoms with E-state index in [9.17, 15) is 9.59 Å². The maximum Gasteiger partial charge on any atom is 0.286 e. The lowest BCUT2D eigenvalue weighted by Crippen LogP contribution is -2.22. The van der Waals surface area contributed by atoms with Crippen LogP contribution >= 0.6 is 0 Å². The highest BCUT2D eigenvalue weighted by atomic mass is 16.3. The summed E-state index contributed by atoms with van der Waals surface area (Å²) < 4.78 is 5.49. The van der Waals surface area contributed by atoms with Crippen molar-refractivity contribution in [3.05, 3.63) is 65.9 Å². The molecule has 0 fully saturated rings. The van der Waals surface area contributed by atoms with Crippen LogP contribution in [0.1, 0.15) is 35.4 Å². The maximum absolute atomic E-state index is 12.8. The normalized spacial score (nSPS) is 12.0. The lowest BCUT2D eigenvalue weighted by Gasteiger charge is -2.15. The highest BCUT2D eigenvalue weighted by Gasteiger charge is 2.24. The van der Waals surface area contributed by atoms with Gasteiger partial charge in [0.2, 0.25) is 11.7 Å². The largest absolute Gasteiger partial charge is 0.449 e. The van der Waals surface area contributed by atoms with Crippen LogP contribution in [-0.4, -0.2) is 11.8 Å². The molecule has 2 aromatic carbocycles. The fourth-order valence-corrected chi connectivity index (χ4v) is 2.81. The van der Waals surface area contributed by atoms with E-state index in [-0.39, 0.29) is 17.6 Å². The molecule has 0 aliphatic rings. The molecule has 5 nitrogen and oxygen atoms in total. The number of carbonyl (C=O) groups is 2. The van der Waals surface area contributed by atoms with E-state index in [1.54, 1.807) is 18.2 Å². The molecule has 0 radical (unpaired) electrons. The number of hydrogen-bond acceptors (Lipinski definition) is 3. The van der Waals surface area contributed by atoms with Crippen molar-refractivity contribution in [3.63, 3.8) is 0 Å². The monoisotopic (exact) mass is 322 g/mol. The molecular formula is C19H18N2O3. The van der Waals surface area contributed by atoms with Crippen LogP contribution in [0.25, 0.3) is 11.0 Å². The van der Waals surface area contributed by atoms with E-state index in [0.29, 0.717) is 23.1 Å². The van der Waals surface area contributed by atoms with E-state index < -0.39 is 5.91 Å². The van der Waals surface area contributed by atoms with E-state index in [1.165, 1.54) is 0 Å². The van der Waals surface area contributed by atoms with Gasteiger partial charge in [-0.15, -0.1) is 0 Å². The first-order valence-corrected chi connectivity index (χ1v) is 7.79. The number of primary amides is 1. The number of para-hydroxylation sites is 1. The summed E-state index contributed by atoms with van der Waals surface area (Å²) in [5.41, 5.74) is 7.15. The first kappa shape index (κ1) is 15.8. The van der Waals surface area contributed by atoms with Crippen molar-refractivity contribution in [1.82, 2.24) is 0 Å². The third-order valence-electron chi connectivity index (χ3n) is 3.99. The molecule has 3 aromatic rings. The van der Waals surface area contributed by atoms with Crippen molar-refractivity contribution >= 4 is 28.5 Å². The number of anilines is 1. The number of carbonyl (C=O) groups excluding carboxylic acids is 2. The van der Waals surface area contributed by atoms with Crippen molar-refractivity contribution < 1.29 is 14.0 Å². The minimum absolute atomic E-state index is 0.0348. The Kier molecular flexibility index (Phi) is 4.33.